The third kappa shape index (κ3) is 4.93. The number of amides is 1. The first-order chi connectivity index (χ1) is 13.8. The van der Waals surface area contributed by atoms with Crippen molar-refractivity contribution >= 4 is 11.6 Å². The number of aliphatic hydroxyl groups is 1. The minimum atomic E-state index is -0.270. The van der Waals surface area contributed by atoms with Crippen LogP contribution in [0.4, 0.5) is 5.69 Å². The Morgan fingerprint density at radius 3 is 2.38 bits per heavy atom. The predicted molar refractivity (Wildman–Crippen MR) is 117 cm³/mol. The van der Waals surface area contributed by atoms with Crippen LogP contribution in [0.15, 0.2) is 18.2 Å². The molecule has 1 aromatic rings. The summed E-state index contributed by atoms with van der Waals surface area (Å²) in [5, 5.41) is 10.7. The average molecular weight is 404 g/mol. The molecule has 3 rings (SSSR count). The van der Waals surface area contributed by atoms with E-state index in [1.807, 2.05) is 32.2 Å². The van der Waals surface area contributed by atoms with E-state index in [1.165, 1.54) is 0 Å². The van der Waals surface area contributed by atoms with Crippen molar-refractivity contribution in [1.82, 2.24) is 9.80 Å². The molecule has 1 heterocycles. The SMILES string of the molecule is COc1ccc(N(C)C(=O)C2CCN(C3CCC(N(C)C)CC3O)CC2)c(C)c1. The van der Waals surface area contributed by atoms with Crippen LogP contribution in [0, 0.1) is 12.8 Å². The van der Waals surface area contributed by atoms with Crippen LogP contribution < -0.4 is 9.64 Å². The molecule has 0 spiro atoms. The number of hydrogen-bond acceptors (Lipinski definition) is 5. The first kappa shape index (κ1) is 22.1. The van der Waals surface area contributed by atoms with Crippen molar-refractivity contribution in [3.8, 4) is 5.75 Å². The van der Waals surface area contributed by atoms with Gasteiger partial charge in [-0.15, -0.1) is 0 Å². The van der Waals surface area contributed by atoms with Gasteiger partial charge in [0.05, 0.1) is 13.2 Å². The van der Waals surface area contributed by atoms with E-state index in [2.05, 4.69) is 23.9 Å². The summed E-state index contributed by atoms with van der Waals surface area (Å²) < 4.78 is 5.27. The van der Waals surface area contributed by atoms with E-state index in [-0.39, 0.29) is 24.0 Å². The van der Waals surface area contributed by atoms with Crippen molar-refractivity contribution in [3.05, 3.63) is 23.8 Å². The highest BCUT2D eigenvalue weighted by Gasteiger charge is 2.37. The van der Waals surface area contributed by atoms with Gasteiger partial charge in [0.2, 0.25) is 5.91 Å². The molecule has 1 aromatic carbocycles. The monoisotopic (exact) mass is 403 g/mol. The van der Waals surface area contributed by atoms with Gasteiger partial charge in [0, 0.05) is 30.7 Å². The first-order valence-corrected chi connectivity index (χ1v) is 10.8. The molecule has 1 saturated heterocycles. The minimum absolute atomic E-state index is 0.0491. The third-order valence-electron chi connectivity index (χ3n) is 6.93. The zero-order chi connectivity index (χ0) is 21.1. The van der Waals surface area contributed by atoms with Gasteiger partial charge in [-0.05, 0) is 90.0 Å². The highest BCUT2D eigenvalue weighted by atomic mass is 16.5. The summed E-state index contributed by atoms with van der Waals surface area (Å²) >= 11 is 0. The van der Waals surface area contributed by atoms with Gasteiger partial charge in [0.1, 0.15) is 5.75 Å². The van der Waals surface area contributed by atoms with E-state index in [9.17, 15) is 9.90 Å². The molecule has 1 aliphatic carbocycles. The number of nitrogens with zero attached hydrogens (tertiary/aromatic N) is 3. The van der Waals surface area contributed by atoms with Crippen LogP contribution >= 0.6 is 0 Å². The molecule has 0 aromatic heterocycles. The molecule has 1 aliphatic heterocycles. The van der Waals surface area contributed by atoms with Gasteiger partial charge in [0.15, 0.2) is 0 Å². The number of hydrogen-bond donors (Lipinski definition) is 1. The standard InChI is InChI=1S/C23H37N3O3/c1-16-14-19(29-5)7-9-20(16)25(4)23(28)17-10-12-26(13-11-17)21-8-6-18(24(2)3)15-22(21)27/h7,9,14,17-18,21-22,27H,6,8,10-13,15H2,1-5H3. The number of benzene rings is 1. The first-order valence-electron chi connectivity index (χ1n) is 10.8. The molecule has 2 fully saturated rings. The number of rotatable bonds is 5. The topological polar surface area (TPSA) is 56.2 Å². The van der Waals surface area contributed by atoms with Gasteiger partial charge < -0.3 is 19.6 Å². The van der Waals surface area contributed by atoms with E-state index < -0.39 is 0 Å². The highest BCUT2D eigenvalue weighted by Crippen LogP contribution is 2.31. The summed E-state index contributed by atoms with van der Waals surface area (Å²) in [6.07, 6.45) is 4.46. The van der Waals surface area contributed by atoms with E-state index in [0.717, 1.165) is 62.2 Å². The molecule has 1 N–H and O–H groups in total. The van der Waals surface area contributed by atoms with Gasteiger partial charge in [0.25, 0.3) is 0 Å². The van der Waals surface area contributed by atoms with Crippen molar-refractivity contribution in [2.45, 2.75) is 57.2 Å². The molecular weight excluding hydrogens is 366 g/mol. The van der Waals surface area contributed by atoms with Crippen LogP contribution in [0.1, 0.15) is 37.7 Å². The summed E-state index contributed by atoms with van der Waals surface area (Å²) in [7, 11) is 7.71. The fourth-order valence-corrected chi connectivity index (χ4v) is 5.01. The molecule has 29 heavy (non-hydrogen) atoms. The van der Waals surface area contributed by atoms with Crippen LogP contribution in [-0.4, -0.2) is 80.3 Å². The molecule has 162 valence electrons. The summed E-state index contributed by atoms with van der Waals surface area (Å²) in [5.41, 5.74) is 1.98. The second-order valence-electron chi connectivity index (χ2n) is 8.93. The lowest BCUT2D eigenvalue weighted by Gasteiger charge is -2.44. The second kappa shape index (κ2) is 9.45. The lowest BCUT2D eigenvalue weighted by molar-refractivity contribution is -0.124. The number of methoxy groups -OCH3 is 1. The summed E-state index contributed by atoms with van der Waals surface area (Å²) in [5.74, 6) is 1.05. The average Bonchev–Trinajstić information content (AvgIpc) is 2.72. The molecule has 6 nitrogen and oxygen atoms in total. The van der Waals surface area contributed by atoms with Crippen molar-refractivity contribution in [2.24, 2.45) is 5.92 Å². The quantitative estimate of drug-likeness (QED) is 0.819. The summed E-state index contributed by atoms with van der Waals surface area (Å²) in [4.78, 5) is 19.5. The van der Waals surface area contributed by atoms with Gasteiger partial charge in [-0.1, -0.05) is 0 Å². The Kier molecular flexibility index (Phi) is 7.19. The Balaban J connectivity index is 1.56. The third-order valence-corrected chi connectivity index (χ3v) is 6.93. The van der Waals surface area contributed by atoms with Gasteiger partial charge in [-0.2, -0.15) is 0 Å². The summed E-state index contributed by atoms with van der Waals surface area (Å²) in [6.45, 7) is 3.79. The van der Waals surface area contributed by atoms with E-state index >= 15 is 0 Å². The van der Waals surface area contributed by atoms with Crippen molar-refractivity contribution in [1.29, 1.82) is 0 Å². The van der Waals surface area contributed by atoms with Crippen molar-refractivity contribution in [3.63, 3.8) is 0 Å². The number of carbonyl (C=O) groups is 1. The molecule has 2 aliphatic rings. The smallest absolute Gasteiger partial charge is 0.229 e. The second-order valence-corrected chi connectivity index (χ2v) is 8.93. The number of piperidine rings is 1. The molecule has 1 amide bonds. The fourth-order valence-electron chi connectivity index (χ4n) is 5.01. The Morgan fingerprint density at radius 2 is 1.83 bits per heavy atom. The zero-order valence-corrected chi connectivity index (χ0v) is 18.6. The maximum atomic E-state index is 13.1. The lowest BCUT2D eigenvalue weighted by atomic mass is 9.85. The molecule has 0 radical (unpaired) electrons. The van der Waals surface area contributed by atoms with Crippen molar-refractivity contribution < 1.29 is 14.6 Å². The van der Waals surface area contributed by atoms with E-state index in [0.29, 0.717) is 6.04 Å². The van der Waals surface area contributed by atoms with Gasteiger partial charge >= 0.3 is 0 Å². The van der Waals surface area contributed by atoms with Crippen LogP contribution in [0.5, 0.6) is 5.75 Å². The largest absolute Gasteiger partial charge is 0.497 e. The van der Waals surface area contributed by atoms with E-state index in [4.69, 9.17) is 4.74 Å². The number of aliphatic hydroxyl groups excluding tert-OH is 1. The van der Waals surface area contributed by atoms with Crippen LogP contribution in [0.3, 0.4) is 0 Å². The maximum absolute atomic E-state index is 13.1. The van der Waals surface area contributed by atoms with Crippen LogP contribution in [-0.2, 0) is 4.79 Å². The number of likely N-dealkylation sites (tertiary alicyclic amines) is 1. The van der Waals surface area contributed by atoms with Gasteiger partial charge in [-0.25, -0.2) is 0 Å². The highest BCUT2D eigenvalue weighted by molar-refractivity contribution is 5.95. The predicted octanol–water partition coefficient (Wildman–Crippen LogP) is 2.52. The Bertz CT molecular complexity index is 701. The fraction of sp³-hybridized carbons (Fsp3) is 0.696. The summed E-state index contributed by atoms with van der Waals surface area (Å²) in [6, 6.07) is 6.54. The molecular formula is C23H37N3O3. The number of ether oxygens (including phenoxy) is 1. The molecule has 6 heteroatoms. The van der Waals surface area contributed by atoms with Crippen LogP contribution in [0.25, 0.3) is 0 Å². The molecule has 1 saturated carbocycles. The number of aryl methyl sites for hydroxylation is 1. The minimum Gasteiger partial charge on any atom is -0.497 e. The van der Waals surface area contributed by atoms with E-state index in [1.54, 1.807) is 12.0 Å². The normalized spacial score (nSPS) is 26.5. The van der Waals surface area contributed by atoms with Crippen LogP contribution in [0.2, 0.25) is 0 Å². The number of anilines is 1. The number of carbonyl (C=O) groups excluding carboxylic acids is 1. The Labute approximate surface area is 175 Å². The maximum Gasteiger partial charge on any atom is 0.229 e. The molecule has 3 atom stereocenters. The lowest BCUT2D eigenvalue weighted by Crippen LogP contribution is -2.53. The van der Waals surface area contributed by atoms with Gasteiger partial charge in [-0.3, -0.25) is 9.69 Å². The molecule has 0 bridgehead atoms. The Hall–Kier alpha value is -1.63. The zero-order valence-electron chi connectivity index (χ0n) is 18.6. The Morgan fingerprint density at radius 1 is 1.14 bits per heavy atom. The van der Waals surface area contributed by atoms with Crippen molar-refractivity contribution in [2.75, 3.05) is 46.2 Å². The molecule has 3 unspecified atom stereocenters.